The Hall–Kier alpha value is -1.01. The van der Waals surface area contributed by atoms with Crippen LogP contribution in [0.25, 0.3) is 0 Å². The molecule has 0 rings (SSSR count). The Kier molecular flexibility index (Phi) is 6.12. The van der Waals surface area contributed by atoms with E-state index in [-0.39, 0.29) is 5.91 Å². The number of amides is 1. The van der Waals surface area contributed by atoms with Gasteiger partial charge in [-0.05, 0) is 6.92 Å². The average molecular weight is 168 g/mol. The van der Waals surface area contributed by atoms with Crippen molar-refractivity contribution in [1.82, 2.24) is 10.2 Å². The smallest absolute Gasteiger partial charge is 0.223 e. The second-order valence-corrected chi connectivity index (χ2v) is 2.64. The Morgan fingerprint density at radius 3 is 2.67 bits per heavy atom. The average Bonchev–Trinajstić information content (AvgIpc) is 2.03. The second kappa shape index (κ2) is 6.68. The molecule has 0 spiro atoms. The summed E-state index contributed by atoms with van der Waals surface area (Å²) in [6.07, 6.45) is 0.540. The number of carbonyl (C=O) groups is 1. The molecule has 0 aromatic rings. The maximum absolute atomic E-state index is 11.0. The Morgan fingerprint density at radius 2 is 2.17 bits per heavy atom. The molecule has 12 heavy (non-hydrogen) atoms. The zero-order valence-corrected chi connectivity index (χ0v) is 7.98. The Morgan fingerprint density at radius 1 is 1.50 bits per heavy atom. The van der Waals surface area contributed by atoms with E-state index in [9.17, 15) is 4.79 Å². The summed E-state index contributed by atoms with van der Waals surface area (Å²) < 4.78 is 0. The zero-order chi connectivity index (χ0) is 9.40. The Bertz CT molecular complexity index is 188. The minimum absolute atomic E-state index is 0.145. The third-order valence-corrected chi connectivity index (χ3v) is 1.40. The summed E-state index contributed by atoms with van der Waals surface area (Å²) in [6.45, 7) is 3.16. The van der Waals surface area contributed by atoms with E-state index in [1.807, 2.05) is 0 Å². The molecule has 0 saturated heterocycles. The number of rotatable bonds is 4. The predicted molar refractivity (Wildman–Crippen MR) is 49.6 cm³/mol. The zero-order valence-electron chi connectivity index (χ0n) is 7.98. The van der Waals surface area contributed by atoms with E-state index in [2.05, 4.69) is 17.2 Å². The lowest BCUT2D eigenvalue weighted by Crippen LogP contribution is -2.26. The first-order valence-corrected chi connectivity index (χ1v) is 3.99. The molecule has 0 saturated carbocycles. The van der Waals surface area contributed by atoms with Gasteiger partial charge in [-0.15, -0.1) is 5.92 Å². The first-order valence-electron chi connectivity index (χ1n) is 3.99. The second-order valence-electron chi connectivity index (χ2n) is 2.64. The van der Waals surface area contributed by atoms with Crippen molar-refractivity contribution < 1.29 is 4.79 Å². The topological polar surface area (TPSA) is 32.3 Å². The highest BCUT2D eigenvalue weighted by atomic mass is 16.2. The van der Waals surface area contributed by atoms with Gasteiger partial charge in [-0.25, -0.2) is 0 Å². The van der Waals surface area contributed by atoms with Crippen molar-refractivity contribution in [3.8, 4) is 11.8 Å². The van der Waals surface area contributed by atoms with Gasteiger partial charge < -0.3 is 10.2 Å². The van der Waals surface area contributed by atoms with Gasteiger partial charge >= 0.3 is 0 Å². The normalized spacial score (nSPS) is 8.58. The first-order chi connectivity index (χ1) is 5.68. The molecule has 1 N–H and O–H groups in total. The van der Waals surface area contributed by atoms with E-state index in [1.54, 1.807) is 25.9 Å². The molecule has 0 unspecified atom stereocenters. The fraction of sp³-hybridized carbons (Fsp3) is 0.667. The third kappa shape index (κ3) is 5.75. The number of nitrogens with one attached hydrogen (secondary N) is 1. The molecule has 0 aromatic heterocycles. The standard InChI is InChI=1S/C9H16N2O/c1-4-5-7-10-8-6-9(12)11(2)3/h10H,6-8H2,1-3H3. The van der Waals surface area contributed by atoms with Crippen molar-refractivity contribution in [2.45, 2.75) is 13.3 Å². The lowest BCUT2D eigenvalue weighted by molar-refractivity contribution is -0.128. The van der Waals surface area contributed by atoms with Gasteiger partial charge in [-0.3, -0.25) is 4.79 Å². The van der Waals surface area contributed by atoms with Gasteiger partial charge in [-0.1, -0.05) is 5.92 Å². The number of nitrogens with zero attached hydrogens (tertiary/aromatic N) is 1. The summed E-state index contributed by atoms with van der Waals surface area (Å²) in [4.78, 5) is 12.6. The van der Waals surface area contributed by atoms with Crippen LogP contribution < -0.4 is 5.32 Å². The molecule has 0 aliphatic carbocycles. The summed E-state index contributed by atoms with van der Waals surface area (Å²) >= 11 is 0. The number of carbonyl (C=O) groups excluding carboxylic acids is 1. The monoisotopic (exact) mass is 168 g/mol. The molecule has 0 radical (unpaired) electrons. The van der Waals surface area contributed by atoms with Crippen LogP contribution in [0.15, 0.2) is 0 Å². The van der Waals surface area contributed by atoms with Crippen molar-refractivity contribution in [2.24, 2.45) is 0 Å². The highest BCUT2D eigenvalue weighted by Gasteiger charge is 2.00. The Balaban J connectivity index is 3.30. The van der Waals surface area contributed by atoms with Crippen LogP contribution in [0.4, 0.5) is 0 Å². The summed E-state index contributed by atoms with van der Waals surface area (Å²) in [5, 5.41) is 3.05. The lowest BCUT2D eigenvalue weighted by Gasteiger charge is -2.09. The van der Waals surface area contributed by atoms with Crippen LogP contribution >= 0.6 is 0 Å². The molecule has 0 heterocycles. The molecule has 3 nitrogen and oxygen atoms in total. The maximum atomic E-state index is 11.0. The predicted octanol–water partition coefficient (Wildman–Crippen LogP) is 0.0776. The van der Waals surface area contributed by atoms with Crippen LogP contribution in [0.1, 0.15) is 13.3 Å². The Labute approximate surface area is 74.1 Å². The molecule has 68 valence electrons. The highest BCUT2D eigenvalue weighted by molar-refractivity contribution is 5.75. The van der Waals surface area contributed by atoms with Gasteiger partial charge in [0.05, 0.1) is 6.54 Å². The molecule has 0 aliphatic heterocycles. The quantitative estimate of drug-likeness (QED) is 0.476. The van der Waals surface area contributed by atoms with Gasteiger partial charge in [0.2, 0.25) is 5.91 Å². The van der Waals surface area contributed by atoms with Crippen molar-refractivity contribution in [3.63, 3.8) is 0 Å². The summed E-state index contributed by atoms with van der Waals surface area (Å²) in [5.74, 6) is 5.78. The van der Waals surface area contributed by atoms with Crippen molar-refractivity contribution in [1.29, 1.82) is 0 Å². The molecule has 1 amide bonds. The minimum atomic E-state index is 0.145. The summed E-state index contributed by atoms with van der Waals surface area (Å²) in [6, 6.07) is 0. The van der Waals surface area contributed by atoms with Crippen LogP contribution in [0.3, 0.4) is 0 Å². The molecule has 0 aliphatic rings. The molecule has 0 atom stereocenters. The first kappa shape index (κ1) is 11.0. The summed E-state index contributed by atoms with van der Waals surface area (Å²) in [7, 11) is 3.52. The third-order valence-electron chi connectivity index (χ3n) is 1.40. The molecular weight excluding hydrogens is 152 g/mol. The lowest BCUT2D eigenvalue weighted by atomic mass is 10.4. The molecule has 0 fully saturated rings. The molecule has 0 aromatic carbocycles. The van der Waals surface area contributed by atoms with E-state index >= 15 is 0 Å². The van der Waals surface area contributed by atoms with E-state index in [0.29, 0.717) is 19.5 Å². The fourth-order valence-electron chi connectivity index (χ4n) is 0.658. The van der Waals surface area contributed by atoms with Crippen LogP contribution in [0, 0.1) is 11.8 Å². The van der Waals surface area contributed by atoms with Crippen LogP contribution in [0.2, 0.25) is 0 Å². The number of hydrogen-bond acceptors (Lipinski definition) is 2. The van der Waals surface area contributed by atoms with Crippen LogP contribution in [-0.4, -0.2) is 38.0 Å². The highest BCUT2D eigenvalue weighted by Crippen LogP contribution is 1.83. The van der Waals surface area contributed by atoms with E-state index in [0.717, 1.165) is 0 Å². The van der Waals surface area contributed by atoms with E-state index < -0.39 is 0 Å². The van der Waals surface area contributed by atoms with E-state index in [1.165, 1.54) is 0 Å². The molecular formula is C9H16N2O. The number of hydrogen-bond donors (Lipinski definition) is 1. The fourth-order valence-corrected chi connectivity index (χ4v) is 0.658. The van der Waals surface area contributed by atoms with Gasteiger partial charge in [-0.2, -0.15) is 0 Å². The van der Waals surface area contributed by atoms with Crippen LogP contribution in [0.5, 0.6) is 0 Å². The van der Waals surface area contributed by atoms with E-state index in [4.69, 9.17) is 0 Å². The van der Waals surface area contributed by atoms with Gasteiger partial charge in [0.15, 0.2) is 0 Å². The molecule has 0 bridgehead atoms. The van der Waals surface area contributed by atoms with Gasteiger partial charge in [0.25, 0.3) is 0 Å². The van der Waals surface area contributed by atoms with Crippen LogP contribution in [-0.2, 0) is 4.79 Å². The van der Waals surface area contributed by atoms with Crippen molar-refractivity contribution >= 4 is 5.91 Å². The minimum Gasteiger partial charge on any atom is -0.349 e. The SMILES string of the molecule is CC#CCNCCC(=O)N(C)C. The van der Waals surface area contributed by atoms with Gasteiger partial charge in [0, 0.05) is 27.1 Å². The van der Waals surface area contributed by atoms with Crippen molar-refractivity contribution in [2.75, 3.05) is 27.2 Å². The largest absolute Gasteiger partial charge is 0.349 e. The van der Waals surface area contributed by atoms with Crippen molar-refractivity contribution in [3.05, 3.63) is 0 Å². The van der Waals surface area contributed by atoms with Gasteiger partial charge in [0.1, 0.15) is 0 Å². The summed E-state index contributed by atoms with van der Waals surface area (Å²) in [5.41, 5.74) is 0. The molecule has 3 heteroatoms. The maximum Gasteiger partial charge on any atom is 0.223 e.